The van der Waals surface area contributed by atoms with E-state index in [1.807, 2.05) is 0 Å². The number of nitrogens with one attached hydrogen (secondary N) is 1. The minimum atomic E-state index is -4.73. The van der Waals surface area contributed by atoms with Crippen molar-refractivity contribution in [1.82, 2.24) is 10.2 Å². The Morgan fingerprint density at radius 2 is 2.11 bits per heavy atom. The molecule has 1 aromatic heterocycles. The predicted molar refractivity (Wildman–Crippen MR) is 57.9 cm³/mol. The molecule has 0 spiro atoms. The highest BCUT2D eigenvalue weighted by molar-refractivity contribution is 5.29. The first-order valence-corrected chi connectivity index (χ1v) is 5.28. The molecule has 0 bridgehead atoms. The Morgan fingerprint density at radius 3 is 2.63 bits per heavy atom. The molecule has 106 valence electrons. The summed E-state index contributed by atoms with van der Waals surface area (Å²) in [6.45, 7) is 1.17. The lowest BCUT2D eigenvalue weighted by molar-refractivity contribution is -0.143. The summed E-state index contributed by atoms with van der Waals surface area (Å²) < 4.78 is 38.0. The van der Waals surface area contributed by atoms with Crippen molar-refractivity contribution < 1.29 is 23.4 Å². The minimum absolute atomic E-state index is 0.0164. The standard InChI is InChI=1S/C9H12F3N5O2/c1-4-6(8(16-15-4)9(10,11)12)7(19)5(18)2-3-14-17-13/h5,7,18-19H,2-3H2,1H3,(H,15,16). The van der Waals surface area contributed by atoms with Crippen LogP contribution in [-0.4, -0.2) is 33.1 Å². The van der Waals surface area contributed by atoms with Crippen LogP contribution in [0.2, 0.25) is 0 Å². The number of aromatic nitrogens is 2. The van der Waals surface area contributed by atoms with E-state index in [2.05, 4.69) is 20.2 Å². The van der Waals surface area contributed by atoms with E-state index < -0.39 is 29.6 Å². The topological polar surface area (TPSA) is 118 Å². The molecule has 0 saturated heterocycles. The maximum Gasteiger partial charge on any atom is 0.435 e. The molecule has 0 aliphatic carbocycles. The molecule has 2 atom stereocenters. The van der Waals surface area contributed by atoms with Gasteiger partial charge < -0.3 is 10.2 Å². The highest BCUT2D eigenvalue weighted by atomic mass is 19.4. The van der Waals surface area contributed by atoms with E-state index >= 15 is 0 Å². The summed E-state index contributed by atoms with van der Waals surface area (Å²) >= 11 is 0. The van der Waals surface area contributed by atoms with Crippen molar-refractivity contribution in [3.63, 3.8) is 0 Å². The molecule has 2 unspecified atom stereocenters. The fourth-order valence-electron chi connectivity index (χ4n) is 1.60. The largest absolute Gasteiger partial charge is 0.435 e. The van der Waals surface area contributed by atoms with Crippen molar-refractivity contribution in [1.29, 1.82) is 0 Å². The number of halogens is 3. The van der Waals surface area contributed by atoms with Gasteiger partial charge in [0, 0.05) is 22.7 Å². The van der Waals surface area contributed by atoms with Gasteiger partial charge in [0.05, 0.1) is 6.10 Å². The Morgan fingerprint density at radius 1 is 1.47 bits per heavy atom. The molecule has 1 rings (SSSR count). The van der Waals surface area contributed by atoms with Crippen molar-refractivity contribution in [3.05, 3.63) is 27.4 Å². The molecule has 0 aliphatic rings. The molecule has 3 N–H and O–H groups in total. The van der Waals surface area contributed by atoms with Crippen LogP contribution >= 0.6 is 0 Å². The van der Waals surface area contributed by atoms with Crippen LogP contribution in [0.25, 0.3) is 10.4 Å². The molecule has 0 fully saturated rings. The average molecular weight is 279 g/mol. The lowest BCUT2D eigenvalue weighted by atomic mass is 10.00. The zero-order valence-corrected chi connectivity index (χ0v) is 9.89. The summed E-state index contributed by atoms with van der Waals surface area (Å²) in [6, 6.07) is 0. The van der Waals surface area contributed by atoms with Crippen molar-refractivity contribution >= 4 is 0 Å². The van der Waals surface area contributed by atoms with Gasteiger partial charge >= 0.3 is 6.18 Å². The minimum Gasteiger partial charge on any atom is -0.390 e. The van der Waals surface area contributed by atoms with E-state index in [1.54, 1.807) is 0 Å². The van der Waals surface area contributed by atoms with Crippen LogP contribution in [-0.2, 0) is 6.18 Å². The zero-order chi connectivity index (χ0) is 14.6. The third-order valence-electron chi connectivity index (χ3n) is 2.51. The summed E-state index contributed by atoms with van der Waals surface area (Å²) in [5, 5.41) is 27.7. The molecule has 0 aromatic carbocycles. The number of aliphatic hydroxyl groups is 2. The molecule has 0 saturated carbocycles. The molecule has 7 nitrogen and oxygen atoms in total. The molecule has 10 heteroatoms. The van der Waals surface area contributed by atoms with Crippen LogP contribution in [0.3, 0.4) is 0 Å². The van der Waals surface area contributed by atoms with Gasteiger partial charge in [-0.15, -0.1) is 0 Å². The van der Waals surface area contributed by atoms with Crippen LogP contribution in [0.1, 0.15) is 29.5 Å². The van der Waals surface area contributed by atoms with E-state index in [9.17, 15) is 23.4 Å². The summed E-state index contributed by atoms with van der Waals surface area (Å²) in [5.74, 6) is 0. The van der Waals surface area contributed by atoms with Gasteiger partial charge in [0.2, 0.25) is 0 Å². The number of alkyl halides is 3. The van der Waals surface area contributed by atoms with Crippen LogP contribution in [0.5, 0.6) is 0 Å². The Balaban J connectivity index is 2.95. The normalized spacial score (nSPS) is 14.8. The first-order valence-electron chi connectivity index (χ1n) is 5.28. The number of aromatic amines is 1. The second-order valence-electron chi connectivity index (χ2n) is 3.86. The molecule has 0 aliphatic heterocycles. The van der Waals surface area contributed by atoms with Crippen molar-refractivity contribution in [2.75, 3.05) is 6.54 Å². The van der Waals surface area contributed by atoms with E-state index in [1.165, 1.54) is 6.92 Å². The number of hydrogen-bond acceptors (Lipinski definition) is 4. The number of hydrogen-bond donors (Lipinski definition) is 3. The second kappa shape index (κ2) is 5.91. The average Bonchev–Trinajstić information content (AvgIpc) is 2.70. The fourth-order valence-corrected chi connectivity index (χ4v) is 1.60. The van der Waals surface area contributed by atoms with Gasteiger partial charge in [-0.3, -0.25) is 5.10 Å². The van der Waals surface area contributed by atoms with Gasteiger partial charge in [0.1, 0.15) is 6.10 Å². The number of H-pyrrole nitrogens is 1. The van der Waals surface area contributed by atoms with Gasteiger partial charge in [-0.2, -0.15) is 18.3 Å². The number of aliphatic hydroxyl groups excluding tert-OH is 2. The summed E-state index contributed by atoms with van der Waals surface area (Å²) in [5.41, 5.74) is 6.30. The van der Waals surface area contributed by atoms with Crippen molar-refractivity contribution in [3.8, 4) is 0 Å². The van der Waals surface area contributed by atoms with E-state index in [-0.39, 0.29) is 18.7 Å². The fraction of sp³-hybridized carbons (Fsp3) is 0.667. The molecule has 19 heavy (non-hydrogen) atoms. The molecular formula is C9H12F3N5O2. The molecule has 0 radical (unpaired) electrons. The first-order chi connectivity index (χ1) is 8.79. The lowest BCUT2D eigenvalue weighted by Crippen LogP contribution is -2.22. The highest BCUT2D eigenvalue weighted by Gasteiger charge is 2.40. The smallest absolute Gasteiger partial charge is 0.390 e. The molecule has 0 amide bonds. The third kappa shape index (κ3) is 3.60. The van der Waals surface area contributed by atoms with E-state index in [4.69, 9.17) is 5.53 Å². The summed E-state index contributed by atoms with van der Waals surface area (Å²) in [6.07, 6.45) is -8.13. The Hall–Kier alpha value is -1.77. The number of azide groups is 1. The van der Waals surface area contributed by atoms with Gasteiger partial charge in [0.15, 0.2) is 5.69 Å². The zero-order valence-electron chi connectivity index (χ0n) is 9.89. The monoisotopic (exact) mass is 279 g/mol. The van der Waals surface area contributed by atoms with Gasteiger partial charge in [-0.1, -0.05) is 5.11 Å². The summed E-state index contributed by atoms with van der Waals surface area (Å²) in [7, 11) is 0. The Kier molecular flexibility index (Phi) is 4.76. The predicted octanol–water partition coefficient (Wildman–Crippen LogP) is 1.83. The maximum atomic E-state index is 12.7. The summed E-state index contributed by atoms with van der Waals surface area (Å²) in [4.78, 5) is 2.44. The van der Waals surface area contributed by atoms with E-state index in [0.717, 1.165) is 0 Å². The van der Waals surface area contributed by atoms with E-state index in [0.29, 0.717) is 0 Å². The number of rotatable bonds is 5. The molecular weight excluding hydrogens is 267 g/mol. The third-order valence-corrected chi connectivity index (χ3v) is 2.51. The van der Waals surface area contributed by atoms with Gasteiger partial charge in [0.25, 0.3) is 0 Å². The van der Waals surface area contributed by atoms with Crippen LogP contribution in [0.4, 0.5) is 13.2 Å². The van der Waals surface area contributed by atoms with Crippen molar-refractivity contribution in [2.45, 2.75) is 31.7 Å². The van der Waals surface area contributed by atoms with Crippen LogP contribution in [0.15, 0.2) is 5.11 Å². The molecule has 1 aromatic rings. The SMILES string of the molecule is Cc1[nH]nc(C(F)(F)F)c1C(O)C(O)CCN=[N+]=[N-]. The Labute approximate surface area is 105 Å². The molecule has 1 heterocycles. The number of aryl methyl sites for hydroxylation is 1. The highest BCUT2D eigenvalue weighted by Crippen LogP contribution is 2.35. The second-order valence-corrected chi connectivity index (χ2v) is 3.86. The first kappa shape index (κ1) is 15.3. The lowest BCUT2D eigenvalue weighted by Gasteiger charge is -2.18. The maximum absolute atomic E-state index is 12.7. The van der Waals surface area contributed by atoms with Crippen LogP contribution < -0.4 is 0 Å². The van der Waals surface area contributed by atoms with Crippen LogP contribution in [0, 0.1) is 6.92 Å². The Bertz CT molecular complexity index is 481. The van der Waals surface area contributed by atoms with Crippen molar-refractivity contribution in [2.24, 2.45) is 5.11 Å². The van der Waals surface area contributed by atoms with Gasteiger partial charge in [-0.25, -0.2) is 0 Å². The van der Waals surface area contributed by atoms with Gasteiger partial charge in [-0.05, 0) is 18.9 Å². The quantitative estimate of drug-likeness (QED) is 0.433. The number of nitrogens with zero attached hydrogens (tertiary/aromatic N) is 4.